The topological polar surface area (TPSA) is 36.3 Å². The van der Waals surface area contributed by atoms with Crippen molar-refractivity contribution in [3.8, 4) is 22.9 Å². The Hall–Kier alpha value is -2.75. The van der Waals surface area contributed by atoms with Gasteiger partial charge in [0.1, 0.15) is 11.5 Å². The highest BCUT2D eigenvalue weighted by Crippen LogP contribution is 2.22. The predicted molar refractivity (Wildman–Crippen MR) is 81.4 cm³/mol. The number of nitrogens with zero attached hydrogens (tertiary/aromatic N) is 2. The highest BCUT2D eigenvalue weighted by atomic mass is 16.5. The smallest absolute Gasteiger partial charge is 0.165 e. The summed E-state index contributed by atoms with van der Waals surface area (Å²) < 4.78 is 12.7. The Morgan fingerprint density at radius 3 is 2.19 bits per heavy atom. The lowest BCUT2D eigenvalue weighted by molar-refractivity contribution is 0.414. The number of aryl methyl sites for hydroxylation is 1. The molecule has 0 aliphatic heterocycles. The molecule has 0 N–H and O–H groups in total. The summed E-state index contributed by atoms with van der Waals surface area (Å²) in [6, 6.07) is 15.6. The number of ether oxygens (including phenoxy) is 2. The summed E-state index contributed by atoms with van der Waals surface area (Å²) in [6.45, 7) is 2.05. The lowest BCUT2D eigenvalue weighted by Crippen LogP contribution is -1.93. The van der Waals surface area contributed by atoms with Crippen molar-refractivity contribution in [1.29, 1.82) is 0 Å². The van der Waals surface area contributed by atoms with Crippen LogP contribution in [0.4, 0.5) is 0 Å². The van der Waals surface area contributed by atoms with Crippen molar-refractivity contribution in [2.75, 3.05) is 7.11 Å². The van der Waals surface area contributed by atoms with E-state index in [1.807, 2.05) is 61.7 Å². The van der Waals surface area contributed by atoms with Crippen molar-refractivity contribution in [2.45, 2.75) is 6.92 Å². The molecule has 1 aromatic heterocycles. The van der Waals surface area contributed by atoms with Gasteiger partial charge in [0.05, 0.1) is 25.2 Å². The van der Waals surface area contributed by atoms with E-state index >= 15 is 0 Å². The molecule has 0 spiro atoms. The minimum absolute atomic E-state index is 0.703. The third kappa shape index (κ3) is 3.05. The van der Waals surface area contributed by atoms with Gasteiger partial charge in [-0.05, 0) is 43.3 Å². The molecule has 3 aromatic rings. The summed E-state index contributed by atoms with van der Waals surface area (Å²) in [6.07, 6.45) is 3.55. The number of benzene rings is 2. The Labute approximate surface area is 123 Å². The Kier molecular flexibility index (Phi) is 3.60. The third-order valence-corrected chi connectivity index (χ3v) is 3.15. The van der Waals surface area contributed by atoms with Crippen molar-refractivity contribution >= 4 is 0 Å². The Balaban J connectivity index is 1.77. The van der Waals surface area contributed by atoms with Gasteiger partial charge in [-0.2, -0.15) is 5.10 Å². The van der Waals surface area contributed by atoms with E-state index in [-0.39, 0.29) is 0 Å². The molecule has 0 unspecified atom stereocenters. The summed E-state index contributed by atoms with van der Waals surface area (Å²) in [5, 5.41) is 4.31. The molecule has 0 bridgehead atoms. The molecule has 0 saturated heterocycles. The van der Waals surface area contributed by atoms with E-state index in [0.29, 0.717) is 5.75 Å². The normalized spacial score (nSPS) is 10.4. The molecule has 0 aliphatic carbocycles. The Bertz CT molecular complexity index is 715. The molecule has 0 aliphatic rings. The number of aromatic nitrogens is 2. The van der Waals surface area contributed by atoms with Crippen molar-refractivity contribution in [3.63, 3.8) is 0 Å². The maximum absolute atomic E-state index is 5.77. The van der Waals surface area contributed by atoms with Crippen LogP contribution in [0.25, 0.3) is 5.69 Å². The second-order valence-electron chi connectivity index (χ2n) is 4.73. The molecule has 0 saturated carbocycles. The fraction of sp³-hybridized carbons (Fsp3) is 0.118. The van der Waals surface area contributed by atoms with Crippen molar-refractivity contribution in [2.24, 2.45) is 0 Å². The monoisotopic (exact) mass is 280 g/mol. The molecule has 2 aromatic carbocycles. The molecular formula is C17H16N2O2. The van der Waals surface area contributed by atoms with Crippen LogP contribution in [0.2, 0.25) is 0 Å². The highest BCUT2D eigenvalue weighted by Gasteiger charge is 2.03. The van der Waals surface area contributed by atoms with Gasteiger partial charge < -0.3 is 9.47 Å². The molecule has 4 nitrogen and oxygen atoms in total. The van der Waals surface area contributed by atoms with Gasteiger partial charge in [-0.3, -0.25) is 0 Å². The minimum Gasteiger partial charge on any atom is -0.497 e. The van der Waals surface area contributed by atoms with E-state index in [9.17, 15) is 0 Å². The summed E-state index contributed by atoms with van der Waals surface area (Å²) in [4.78, 5) is 0. The van der Waals surface area contributed by atoms with Crippen LogP contribution in [0.15, 0.2) is 60.9 Å². The van der Waals surface area contributed by atoms with E-state index in [4.69, 9.17) is 9.47 Å². The van der Waals surface area contributed by atoms with Gasteiger partial charge >= 0.3 is 0 Å². The SMILES string of the molecule is COc1ccc(-n2cc(Oc3ccc(C)cc3)cn2)cc1. The van der Waals surface area contributed by atoms with Crippen LogP contribution in [-0.4, -0.2) is 16.9 Å². The third-order valence-electron chi connectivity index (χ3n) is 3.15. The van der Waals surface area contributed by atoms with E-state index < -0.39 is 0 Å². The predicted octanol–water partition coefficient (Wildman–Crippen LogP) is 3.98. The first-order chi connectivity index (χ1) is 10.2. The van der Waals surface area contributed by atoms with Crippen molar-refractivity contribution in [1.82, 2.24) is 9.78 Å². The molecule has 4 heteroatoms. The lowest BCUT2D eigenvalue weighted by Gasteiger charge is -2.04. The first-order valence-corrected chi connectivity index (χ1v) is 6.68. The van der Waals surface area contributed by atoms with Crippen LogP contribution in [-0.2, 0) is 0 Å². The van der Waals surface area contributed by atoms with Crippen LogP contribution in [0, 0.1) is 6.92 Å². The first kappa shape index (κ1) is 13.2. The van der Waals surface area contributed by atoms with Crippen molar-refractivity contribution < 1.29 is 9.47 Å². The minimum atomic E-state index is 0.703. The van der Waals surface area contributed by atoms with Gasteiger partial charge in [-0.1, -0.05) is 17.7 Å². The molecule has 0 atom stereocenters. The number of hydrogen-bond donors (Lipinski definition) is 0. The van der Waals surface area contributed by atoms with Crippen LogP contribution < -0.4 is 9.47 Å². The molecule has 1 heterocycles. The Morgan fingerprint density at radius 2 is 1.52 bits per heavy atom. The maximum Gasteiger partial charge on any atom is 0.165 e. The molecule has 0 amide bonds. The number of rotatable bonds is 4. The largest absolute Gasteiger partial charge is 0.497 e. The second-order valence-corrected chi connectivity index (χ2v) is 4.73. The first-order valence-electron chi connectivity index (χ1n) is 6.68. The number of hydrogen-bond acceptors (Lipinski definition) is 3. The Morgan fingerprint density at radius 1 is 0.857 bits per heavy atom. The van der Waals surface area contributed by atoms with E-state index in [1.54, 1.807) is 18.0 Å². The molecular weight excluding hydrogens is 264 g/mol. The standard InChI is InChI=1S/C17H16N2O2/c1-13-3-7-16(8-4-13)21-17-11-18-19(12-17)14-5-9-15(20-2)10-6-14/h3-12H,1-2H3. The molecule has 21 heavy (non-hydrogen) atoms. The van der Waals surface area contributed by atoms with Gasteiger partial charge in [-0.25, -0.2) is 4.68 Å². The zero-order valence-electron chi connectivity index (χ0n) is 12.0. The van der Waals surface area contributed by atoms with Gasteiger partial charge in [0.25, 0.3) is 0 Å². The molecule has 3 rings (SSSR count). The molecule has 0 radical (unpaired) electrons. The van der Waals surface area contributed by atoms with Gasteiger partial charge in [0, 0.05) is 0 Å². The molecule has 0 fully saturated rings. The van der Waals surface area contributed by atoms with Crippen LogP contribution in [0.5, 0.6) is 17.2 Å². The van der Waals surface area contributed by atoms with Crippen LogP contribution >= 0.6 is 0 Å². The number of methoxy groups -OCH3 is 1. The summed E-state index contributed by atoms with van der Waals surface area (Å²) in [5.74, 6) is 2.33. The van der Waals surface area contributed by atoms with Gasteiger partial charge in [0.2, 0.25) is 0 Å². The van der Waals surface area contributed by atoms with Gasteiger partial charge in [-0.15, -0.1) is 0 Å². The average Bonchev–Trinajstić information content (AvgIpc) is 2.98. The van der Waals surface area contributed by atoms with Crippen LogP contribution in [0.1, 0.15) is 5.56 Å². The zero-order valence-corrected chi connectivity index (χ0v) is 12.0. The fourth-order valence-electron chi connectivity index (χ4n) is 1.98. The summed E-state index contributed by atoms with van der Waals surface area (Å²) in [5.41, 5.74) is 2.16. The molecule has 106 valence electrons. The van der Waals surface area contributed by atoms with Crippen LogP contribution in [0.3, 0.4) is 0 Å². The van der Waals surface area contributed by atoms with Gasteiger partial charge in [0.15, 0.2) is 5.75 Å². The zero-order chi connectivity index (χ0) is 14.7. The summed E-state index contributed by atoms with van der Waals surface area (Å²) >= 11 is 0. The fourth-order valence-corrected chi connectivity index (χ4v) is 1.98. The second kappa shape index (κ2) is 5.71. The quantitative estimate of drug-likeness (QED) is 0.725. The maximum atomic E-state index is 5.77. The van der Waals surface area contributed by atoms with E-state index in [1.165, 1.54) is 5.56 Å². The van der Waals surface area contributed by atoms with E-state index in [2.05, 4.69) is 5.10 Å². The lowest BCUT2D eigenvalue weighted by atomic mass is 10.2. The van der Waals surface area contributed by atoms with E-state index in [0.717, 1.165) is 17.2 Å². The summed E-state index contributed by atoms with van der Waals surface area (Å²) in [7, 11) is 1.65. The van der Waals surface area contributed by atoms with Crippen molar-refractivity contribution in [3.05, 3.63) is 66.5 Å². The highest BCUT2D eigenvalue weighted by molar-refractivity contribution is 5.38. The average molecular weight is 280 g/mol.